The second-order valence-electron chi connectivity index (χ2n) is 5.93. The maximum Gasteiger partial charge on any atom is 0.307 e. The van der Waals surface area contributed by atoms with Crippen molar-refractivity contribution in [2.45, 2.75) is 23.8 Å². The van der Waals surface area contributed by atoms with Crippen LogP contribution >= 0.6 is 12.6 Å². The van der Waals surface area contributed by atoms with Crippen LogP contribution in [0.1, 0.15) is 29.2 Å². The summed E-state index contributed by atoms with van der Waals surface area (Å²) < 4.78 is 4.80. The summed E-state index contributed by atoms with van der Waals surface area (Å²) in [4.78, 5) is 17.0. The fourth-order valence-corrected chi connectivity index (χ4v) is 3.29. The molecule has 2 aromatic rings. The molecule has 0 spiro atoms. The second-order valence-corrected chi connectivity index (χ2v) is 6.42. The largest absolute Gasteiger partial charge is 0.469 e. The average Bonchev–Trinajstić information content (AvgIpc) is 2.62. The first-order valence-electron chi connectivity index (χ1n) is 8.14. The summed E-state index contributed by atoms with van der Waals surface area (Å²) in [5, 5.41) is 3.37. The minimum absolute atomic E-state index is 0.0651. The monoisotopic (exact) mass is 355 g/mol. The third kappa shape index (κ3) is 4.03. The van der Waals surface area contributed by atoms with Gasteiger partial charge in [-0.1, -0.05) is 24.3 Å². The summed E-state index contributed by atoms with van der Waals surface area (Å²) in [6.07, 6.45) is 1.22. The molecule has 3 N–H and O–H groups in total. The van der Waals surface area contributed by atoms with Gasteiger partial charge in [-0.05, 0) is 42.3 Å². The Bertz CT molecular complexity index is 820. The molecule has 0 aromatic heterocycles. The summed E-state index contributed by atoms with van der Waals surface area (Å²) in [6, 6.07) is 13.5. The molecule has 1 unspecified atom stereocenters. The Morgan fingerprint density at radius 3 is 2.92 bits per heavy atom. The molecule has 6 heteroatoms. The Hall–Kier alpha value is -2.31. The standard InChI is InChI=1S/C19H21N3O2S/c1-24-18(23)11-16-15-10-13(7-6-12(15)8-9-21-16)22-19(20)14-4-2-3-5-17(14)25/h2-7,10,16,21,25H,8-9,11H2,1H3,(H2,20,22). The molecule has 0 fully saturated rings. The van der Waals surface area contributed by atoms with Crippen molar-refractivity contribution in [3.63, 3.8) is 0 Å². The molecule has 130 valence electrons. The van der Waals surface area contributed by atoms with Crippen molar-refractivity contribution in [3.05, 3.63) is 59.2 Å². The number of nitrogens with two attached hydrogens (primary N) is 1. The fraction of sp³-hybridized carbons (Fsp3) is 0.263. The summed E-state index contributed by atoms with van der Waals surface area (Å²) in [6.45, 7) is 0.840. The van der Waals surface area contributed by atoms with Gasteiger partial charge in [0.05, 0.1) is 19.2 Å². The van der Waals surface area contributed by atoms with Gasteiger partial charge in [0.15, 0.2) is 0 Å². The summed E-state index contributed by atoms with van der Waals surface area (Å²) in [5.74, 6) is 0.182. The third-order valence-corrected chi connectivity index (χ3v) is 4.71. The molecular formula is C19H21N3O2S. The molecule has 1 atom stereocenters. The number of fused-ring (bicyclic) bond motifs is 1. The van der Waals surface area contributed by atoms with E-state index in [9.17, 15) is 4.79 Å². The molecule has 0 saturated heterocycles. The van der Waals surface area contributed by atoms with Crippen LogP contribution < -0.4 is 11.1 Å². The van der Waals surface area contributed by atoms with E-state index in [2.05, 4.69) is 29.0 Å². The second kappa shape index (κ2) is 7.72. The Morgan fingerprint density at radius 2 is 2.16 bits per heavy atom. The number of nitrogens with zero attached hydrogens (tertiary/aromatic N) is 1. The van der Waals surface area contributed by atoms with Gasteiger partial charge in [0.2, 0.25) is 0 Å². The topological polar surface area (TPSA) is 76.7 Å². The van der Waals surface area contributed by atoms with Crippen LogP contribution in [-0.4, -0.2) is 25.5 Å². The van der Waals surface area contributed by atoms with Crippen LogP contribution in [0.15, 0.2) is 52.4 Å². The van der Waals surface area contributed by atoms with Crippen LogP contribution in [0.2, 0.25) is 0 Å². The van der Waals surface area contributed by atoms with Gasteiger partial charge in [-0.3, -0.25) is 4.79 Å². The first kappa shape index (κ1) is 17.5. The van der Waals surface area contributed by atoms with Crippen molar-refractivity contribution in [1.82, 2.24) is 5.32 Å². The fourth-order valence-electron chi connectivity index (χ4n) is 3.02. The average molecular weight is 355 g/mol. The van der Waals surface area contributed by atoms with Crippen LogP contribution in [0.4, 0.5) is 5.69 Å². The number of rotatable bonds is 4. The Labute approximate surface area is 152 Å². The number of aliphatic imine (C=N–C) groups is 1. The van der Waals surface area contributed by atoms with Crippen molar-refractivity contribution in [2.24, 2.45) is 10.7 Å². The van der Waals surface area contributed by atoms with Gasteiger partial charge in [-0.2, -0.15) is 0 Å². The van der Waals surface area contributed by atoms with E-state index in [0.29, 0.717) is 12.3 Å². The van der Waals surface area contributed by atoms with Crippen LogP contribution in [0, 0.1) is 0 Å². The number of nitrogens with one attached hydrogen (secondary N) is 1. The van der Waals surface area contributed by atoms with E-state index < -0.39 is 0 Å². The molecule has 1 aliphatic heterocycles. The summed E-state index contributed by atoms with van der Waals surface area (Å²) >= 11 is 4.42. The number of amidine groups is 1. The van der Waals surface area contributed by atoms with Gasteiger partial charge in [0.1, 0.15) is 5.84 Å². The number of esters is 1. The van der Waals surface area contributed by atoms with Gasteiger partial charge in [-0.25, -0.2) is 4.99 Å². The lowest BCUT2D eigenvalue weighted by atomic mass is 9.92. The molecular weight excluding hydrogens is 334 g/mol. The predicted octanol–water partition coefficient (Wildman–Crippen LogP) is 2.76. The number of benzene rings is 2. The van der Waals surface area contributed by atoms with Crippen LogP contribution in [0.3, 0.4) is 0 Å². The Kier molecular flexibility index (Phi) is 5.40. The van der Waals surface area contributed by atoms with Crippen molar-refractivity contribution in [3.8, 4) is 0 Å². The predicted molar refractivity (Wildman–Crippen MR) is 102 cm³/mol. The Balaban J connectivity index is 1.92. The van der Waals surface area contributed by atoms with E-state index in [1.807, 2.05) is 36.4 Å². The lowest BCUT2D eigenvalue weighted by molar-refractivity contribution is -0.141. The molecule has 1 aliphatic rings. The highest BCUT2D eigenvalue weighted by Gasteiger charge is 2.23. The first-order valence-corrected chi connectivity index (χ1v) is 8.58. The zero-order valence-corrected chi connectivity index (χ0v) is 14.9. The first-order chi connectivity index (χ1) is 12.1. The molecule has 0 radical (unpaired) electrons. The molecule has 0 aliphatic carbocycles. The smallest absolute Gasteiger partial charge is 0.307 e. The number of hydrogen-bond donors (Lipinski definition) is 3. The quantitative estimate of drug-likeness (QED) is 0.341. The molecule has 0 saturated carbocycles. The van der Waals surface area contributed by atoms with Crippen LogP contribution in [-0.2, 0) is 16.0 Å². The third-order valence-electron chi connectivity index (χ3n) is 4.32. The lowest BCUT2D eigenvalue weighted by Crippen LogP contribution is -2.31. The lowest BCUT2D eigenvalue weighted by Gasteiger charge is -2.26. The SMILES string of the molecule is COC(=O)CC1NCCc2ccc(N=C(N)c3ccccc3S)cc21. The molecule has 5 nitrogen and oxygen atoms in total. The number of hydrogen-bond acceptors (Lipinski definition) is 5. The molecule has 3 rings (SSSR count). The summed E-state index contributed by atoms with van der Waals surface area (Å²) in [7, 11) is 1.41. The number of methoxy groups -OCH3 is 1. The number of carbonyl (C=O) groups is 1. The number of carbonyl (C=O) groups excluding carboxylic acids is 1. The highest BCUT2D eigenvalue weighted by Crippen LogP contribution is 2.30. The van der Waals surface area contributed by atoms with Crippen LogP contribution in [0.25, 0.3) is 0 Å². The van der Waals surface area contributed by atoms with Crippen molar-refractivity contribution in [1.29, 1.82) is 0 Å². The molecule has 1 heterocycles. The normalized spacial score (nSPS) is 17.0. The van der Waals surface area contributed by atoms with E-state index in [1.165, 1.54) is 12.7 Å². The minimum atomic E-state index is -0.234. The molecule has 2 aromatic carbocycles. The van der Waals surface area contributed by atoms with Gasteiger partial charge >= 0.3 is 5.97 Å². The van der Waals surface area contributed by atoms with Crippen molar-refractivity contribution >= 4 is 30.1 Å². The van der Waals surface area contributed by atoms with Crippen LogP contribution in [0.5, 0.6) is 0 Å². The minimum Gasteiger partial charge on any atom is -0.469 e. The highest BCUT2D eigenvalue weighted by molar-refractivity contribution is 7.80. The maximum atomic E-state index is 11.7. The van der Waals surface area contributed by atoms with Crippen molar-refractivity contribution in [2.75, 3.05) is 13.7 Å². The maximum absolute atomic E-state index is 11.7. The zero-order chi connectivity index (χ0) is 17.8. The number of ether oxygens (including phenoxy) is 1. The molecule has 25 heavy (non-hydrogen) atoms. The van der Waals surface area contributed by atoms with Gasteiger partial charge in [0, 0.05) is 16.5 Å². The van der Waals surface area contributed by atoms with E-state index in [1.54, 1.807) is 0 Å². The van der Waals surface area contributed by atoms with Gasteiger partial charge in [-0.15, -0.1) is 12.6 Å². The molecule has 0 bridgehead atoms. The van der Waals surface area contributed by atoms with E-state index in [4.69, 9.17) is 10.5 Å². The van der Waals surface area contributed by atoms with E-state index >= 15 is 0 Å². The van der Waals surface area contributed by atoms with Gasteiger partial charge in [0.25, 0.3) is 0 Å². The number of thiol groups is 1. The Morgan fingerprint density at radius 1 is 1.36 bits per heavy atom. The van der Waals surface area contributed by atoms with Crippen molar-refractivity contribution < 1.29 is 9.53 Å². The molecule has 0 amide bonds. The summed E-state index contributed by atoms with van der Waals surface area (Å²) in [5.41, 5.74) is 10.0. The van der Waals surface area contributed by atoms with Gasteiger partial charge < -0.3 is 15.8 Å². The van der Waals surface area contributed by atoms with E-state index in [-0.39, 0.29) is 12.0 Å². The zero-order valence-electron chi connectivity index (χ0n) is 14.0. The van der Waals surface area contributed by atoms with E-state index in [0.717, 1.165) is 34.7 Å². The highest BCUT2D eigenvalue weighted by atomic mass is 32.1.